The minimum Gasteiger partial charge on any atom is -0.356 e. The molecule has 0 aromatic heterocycles. The highest BCUT2D eigenvalue weighted by atomic mass is 35.5. The van der Waals surface area contributed by atoms with Crippen LogP contribution in [0.2, 0.25) is 5.02 Å². The Kier molecular flexibility index (Phi) is 4.39. The van der Waals surface area contributed by atoms with Gasteiger partial charge in [0.15, 0.2) is 0 Å². The van der Waals surface area contributed by atoms with Crippen molar-refractivity contribution in [1.29, 1.82) is 0 Å². The lowest BCUT2D eigenvalue weighted by molar-refractivity contribution is -0.121. The van der Waals surface area contributed by atoms with Crippen molar-refractivity contribution in [3.63, 3.8) is 0 Å². The summed E-state index contributed by atoms with van der Waals surface area (Å²) in [4.78, 5) is 36.8. The summed E-state index contributed by atoms with van der Waals surface area (Å²) >= 11 is 5.95. The summed E-state index contributed by atoms with van der Waals surface area (Å²) in [5.74, 6) is -0.996. The van der Waals surface area contributed by atoms with E-state index in [4.69, 9.17) is 11.6 Å². The van der Waals surface area contributed by atoms with Crippen molar-refractivity contribution in [1.82, 2.24) is 10.2 Å². The monoisotopic (exact) mass is 294 g/mol. The van der Waals surface area contributed by atoms with E-state index in [1.807, 2.05) is 6.92 Å². The van der Waals surface area contributed by atoms with Crippen LogP contribution in [0.4, 0.5) is 0 Å². The SMILES string of the molecule is CCCNC(=O)CCN1C(=O)c2cccc(Cl)c2C1=O. The van der Waals surface area contributed by atoms with E-state index in [0.717, 1.165) is 11.3 Å². The van der Waals surface area contributed by atoms with Crippen molar-refractivity contribution in [3.8, 4) is 0 Å². The smallest absolute Gasteiger partial charge is 0.263 e. The Morgan fingerprint density at radius 2 is 2.05 bits per heavy atom. The molecule has 1 N–H and O–H groups in total. The molecule has 1 aliphatic rings. The molecule has 0 aliphatic carbocycles. The fraction of sp³-hybridized carbons (Fsp3) is 0.357. The number of rotatable bonds is 5. The molecule has 0 radical (unpaired) electrons. The number of hydrogen-bond acceptors (Lipinski definition) is 3. The highest BCUT2D eigenvalue weighted by Crippen LogP contribution is 2.28. The molecule has 20 heavy (non-hydrogen) atoms. The molecule has 3 amide bonds. The van der Waals surface area contributed by atoms with Gasteiger partial charge < -0.3 is 5.32 Å². The Hall–Kier alpha value is -1.88. The lowest BCUT2D eigenvalue weighted by Crippen LogP contribution is -2.34. The highest BCUT2D eigenvalue weighted by molar-refractivity contribution is 6.37. The standard InChI is InChI=1S/C14H15ClN2O3/c1-2-7-16-11(18)6-8-17-13(19)9-4-3-5-10(15)12(9)14(17)20/h3-5H,2,6-8H2,1H3,(H,16,18). The number of hydrogen-bond donors (Lipinski definition) is 1. The molecule has 0 unspecified atom stereocenters. The summed E-state index contributed by atoms with van der Waals surface area (Å²) in [7, 11) is 0. The van der Waals surface area contributed by atoms with E-state index in [2.05, 4.69) is 5.32 Å². The number of fused-ring (bicyclic) bond motifs is 1. The third kappa shape index (κ3) is 2.67. The van der Waals surface area contributed by atoms with Gasteiger partial charge in [-0.1, -0.05) is 24.6 Å². The quantitative estimate of drug-likeness (QED) is 0.843. The first-order chi connectivity index (χ1) is 9.56. The van der Waals surface area contributed by atoms with Gasteiger partial charge in [-0.3, -0.25) is 19.3 Å². The summed E-state index contributed by atoms with van der Waals surface area (Å²) in [5.41, 5.74) is 0.532. The van der Waals surface area contributed by atoms with Crippen molar-refractivity contribution < 1.29 is 14.4 Å². The lowest BCUT2D eigenvalue weighted by atomic mass is 10.1. The third-order valence-electron chi connectivity index (χ3n) is 3.08. The number of imide groups is 1. The van der Waals surface area contributed by atoms with Gasteiger partial charge in [0.2, 0.25) is 5.91 Å². The van der Waals surface area contributed by atoms with Crippen LogP contribution < -0.4 is 5.32 Å². The van der Waals surface area contributed by atoms with Crippen LogP contribution in [0.25, 0.3) is 0 Å². The Morgan fingerprint density at radius 3 is 2.70 bits per heavy atom. The van der Waals surface area contributed by atoms with Crippen molar-refractivity contribution in [2.45, 2.75) is 19.8 Å². The average molecular weight is 295 g/mol. The van der Waals surface area contributed by atoms with Gasteiger partial charge in [-0.2, -0.15) is 0 Å². The van der Waals surface area contributed by atoms with Crippen LogP contribution in [-0.4, -0.2) is 35.7 Å². The molecule has 0 fully saturated rings. The van der Waals surface area contributed by atoms with Gasteiger partial charge in [-0.25, -0.2) is 0 Å². The van der Waals surface area contributed by atoms with Crippen LogP contribution in [0.1, 0.15) is 40.5 Å². The molecule has 1 aromatic rings. The predicted octanol–water partition coefficient (Wildman–Crippen LogP) is 1.85. The normalized spacial score (nSPS) is 13.6. The van der Waals surface area contributed by atoms with Gasteiger partial charge in [0.05, 0.1) is 16.1 Å². The zero-order valence-corrected chi connectivity index (χ0v) is 11.9. The molecule has 0 atom stereocenters. The summed E-state index contributed by atoms with van der Waals surface area (Å²) in [6, 6.07) is 4.77. The van der Waals surface area contributed by atoms with Gasteiger partial charge in [0.1, 0.15) is 0 Å². The summed E-state index contributed by atoms with van der Waals surface area (Å²) in [5, 5.41) is 2.97. The zero-order valence-electron chi connectivity index (χ0n) is 11.1. The van der Waals surface area contributed by atoms with Crippen molar-refractivity contribution in [2.75, 3.05) is 13.1 Å². The molecule has 0 saturated heterocycles. The second-order valence-electron chi connectivity index (χ2n) is 4.52. The molecule has 5 nitrogen and oxygen atoms in total. The minimum atomic E-state index is -0.432. The molecule has 1 heterocycles. The average Bonchev–Trinajstić information content (AvgIpc) is 2.67. The van der Waals surface area contributed by atoms with Gasteiger partial charge in [-0.05, 0) is 18.6 Å². The molecule has 1 aromatic carbocycles. The van der Waals surface area contributed by atoms with Crippen LogP contribution in [0, 0.1) is 0 Å². The Balaban J connectivity index is 2.06. The Bertz CT molecular complexity index is 572. The molecule has 6 heteroatoms. The first-order valence-corrected chi connectivity index (χ1v) is 6.85. The van der Waals surface area contributed by atoms with Crippen LogP contribution in [0.5, 0.6) is 0 Å². The van der Waals surface area contributed by atoms with E-state index in [9.17, 15) is 14.4 Å². The molecule has 0 spiro atoms. The maximum Gasteiger partial charge on any atom is 0.263 e. The predicted molar refractivity (Wildman–Crippen MR) is 74.7 cm³/mol. The number of halogens is 1. The maximum absolute atomic E-state index is 12.1. The molecular formula is C14H15ClN2O3. The van der Waals surface area contributed by atoms with E-state index in [0.29, 0.717) is 12.1 Å². The molecule has 1 aliphatic heterocycles. The van der Waals surface area contributed by atoms with Crippen LogP contribution in [-0.2, 0) is 4.79 Å². The summed E-state index contributed by atoms with van der Waals surface area (Å²) in [6.07, 6.45) is 0.942. The van der Waals surface area contributed by atoms with Gasteiger partial charge in [-0.15, -0.1) is 0 Å². The van der Waals surface area contributed by atoms with Crippen molar-refractivity contribution in [3.05, 3.63) is 34.3 Å². The van der Waals surface area contributed by atoms with Crippen molar-refractivity contribution in [2.24, 2.45) is 0 Å². The lowest BCUT2D eigenvalue weighted by Gasteiger charge is -2.13. The number of carbonyl (C=O) groups excluding carboxylic acids is 3. The van der Waals surface area contributed by atoms with Gasteiger partial charge in [0.25, 0.3) is 11.8 Å². The van der Waals surface area contributed by atoms with Gasteiger partial charge >= 0.3 is 0 Å². The largest absolute Gasteiger partial charge is 0.356 e. The minimum absolute atomic E-state index is 0.0677. The first-order valence-electron chi connectivity index (χ1n) is 6.47. The molecule has 106 valence electrons. The number of nitrogens with zero attached hydrogens (tertiary/aromatic N) is 1. The fourth-order valence-electron chi connectivity index (χ4n) is 2.06. The number of amides is 3. The van der Waals surface area contributed by atoms with E-state index >= 15 is 0 Å². The van der Waals surface area contributed by atoms with Crippen LogP contribution in [0.15, 0.2) is 18.2 Å². The summed E-state index contributed by atoms with van der Waals surface area (Å²) in [6.45, 7) is 2.61. The van der Waals surface area contributed by atoms with Crippen molar-refractivity contribution >= 4 is 29.3 Å². The Labute approximate surface area is 121 Å². The molecule has 0 saturated carbocycles. The number of benzene rings is 1. The second-order valence-corrected chi connectivity index (χ2v) is 4.93. The fourth-order valence-corrected chi connectivity index (χ4v) is 2.32. The van der Waals surface area contributed by atoms with Crippen LogP contribution >= 0.6 is 11.6 Å². The zero-order chi connectivity index (χ0) is 14.7. The maximum atomic E-state index is 12.1. The van der Waals surface area contributed by atoms with E-state index in [1.54, 1.807) is 18.2 Å². The number of nitrogens with one attached hydrogen (secondary N) is 1. The van der Waals surface area contributed by atoms with E-state index in [-0.39, 0.29) is 29.5 Å². The van der Waals surface area contributed by atoms with Gasteiger partial charge in [0, 0.05) is 19.5 Å². The topological polar surface area (TPSA) is 66.5 Å². The highest BCUT2D eigenvalue weighted by Gasteiger charge is 2.36. The third-order valence-corrected chi connectivity index (χ3v) is 3.40. The van der Waals surface area contributed by atoms with E-state index < -0.39 is 11.8 Å². The van der Waals surface area contributed by atoms with E-state index in [1.165, 1.54) is 0 Å². The molecule has 0 bridgehead atoms. The number of carbonyl (C=O) groups is 3. The van der Waals surface area contributed by atoms with Crippen LogP contribution in [0.3, 0.4) is 0 Å². The summed E-state index contributed by atoms with van der Waals surface area (Å²) < 4.78 is 0. The first kappa shape index (κ1) is 14.5. The second kappa shape index (κ2) is 6.05. The molecular weight excluding hydrogens is 280 g/mol. The molecule has 2 rings (SSSR count). The Morgan fingerprint density at radius 1 is 1.30 bits per heavy atom.